The van der Waals surface area contributed by atoms with Gasteiger partial charge in [0.05, 0.1) is 6.10 Å². The maximum absolute atomic E-state index is 11.6. The zero-order chi connectivity index (χ0) is 16.5. The van der Waals surface area contributed by atoms with Crippen molar-refractivity contribution in [2.24, 2.45) is 5.92 Å². The van der Waals surface area contributed by atoms with Crippen LogP contribution in [0.4, 0.5) is 5.82 Å². The predicted octanol–water partition coefficient (Wildman–Crippen LogP) is 1.90. The van der Waals surface area contributed by atoms with Crippen LogP contribution in [0.5, 0.6) is 0 Å². The number of hydrogen-bond donors (Lipinski definition) is 1. The van der Waals surface area contributed by atoms with E-state index in [4.69, 9.17) is 4.74 Å². The number of fused-ring (bicyclic) bond motifs is 1. The van der Waals surface area contributed by atoms with Gasteiger partial charge in [-0.25, -0.2) is 14.3 Å². The lowest BCUT2D eigenvalue weighted by atomic mass is 10.1. The zero-order valence-corrected chi connectivity index (χ0v) is 14.2. The third-order valence-corrected chi connectivity index (χ3v) is 5.35. The van der Waals surface area contributed by atoms with Gasteiger partial charge in [0.2, 0.25) is 0 Å². The van der Waals surface area contributed by atoms with Crippen LogP contribution in [0.3, 0.4) is 0 Å². The van der Waals surface area contributed by atoms with Crippen LogP contribution in [0.2, 0.25) is 0 Å². The minimum atomic E-state index is -0.244. The first-order valence-corrected chi connectivity index (χ1v) is 9.01. The zero-order valence-electron chi connectivity index (χ0n) is 14.2. The molecule has 0 amide bonds. The lowest BCUT2D eigenvalue weighted by Gasteiger charge is -2.33. The highest BCUT2D eigenvalue weighted by atomic mass is 16.5. The van der Waals surface area contributed by atoms with Gasteiger partial charge in [-0.1, -0.05) is 12.8 Å². The molecular formula is C17H25N5O2. The second-order valence-corrected chi connectivity index (χ2v) is 7.12. The van der Waals surface area contributed by atoms with Crippen LogP contribution in [0.25, 0.3) is 5.78 Å². The Kier molecular flexibility index (Phi) is 4.26. The van der Waals surface area contributed by atoms with Crippen molar-refractivity contribution >= 4 is 11.6 Å². The summed E-state index contributed by atoms with van der Waals surface area (Å²) in [7, 11) is 0. The molecule has 7 heteroatoms. The Hall–Kier alpha value is -1.89. The molecule has 2 aromatic heterocycles. The number of nitrogens with one attached hydrogen (secondary N) is 1. The van der Waals surface area contributed by atoms with Crippen LogP contribution < -0.4 is 10.6 Å². The topological polar surface area (TPSA) is 75.5 Å². The van der Waals surface area contributed by atoms with Crippen molar-refractivity contribution in [1.82, 2.24) is 19.6 Å². The largest absolute Gasteiger partial charge is 0.378 e. The van der Waals surface area contributed by atoms with Gasteiger partial charge in [-0.3, -0.25) is 0 Å². The average Bonchev–Trinajstić information content (AvgIpc) is 3.24. The molecule has 1 saturated carbocycles. The summed E-state index contributed by atoms with van der Waals surface area (Å²) in [5.41, 5.74) is 0.752. The van der Waals surface area contributed by atoms with E-state index in [1.807, 2.05) is 13.1 Å². The van der Waals surface area contributed by atoms with Gasteiger partial charge in [-0.05, 0) is 38.5 Å². The fourth-order valence-electron chi connectivity index (χ4n) is 3.93. The Morgan fingerprint density at radius 1 is 1.25 bits per heavy atom. The van der Waals surface area contributed by atoms with Crippen LogP contribution in [0.15, 0.2) is 11.0 Å². The highest BCUT2D eigenvalue weighted by Gasteiger charge is 2.24. The Bertz CT molecular complexity index is 754. The molecule has 2 fully saturated rings. The van der Waals surface area contributed by atoms with E-state index in [-0.39, 0.29) is 5.69 Å². The van der Waals surface area contributed by atoms with Crippen LogP contribution in [-0.2, 0) is 4.74 Å². The van der Waals surface area contributed by atoms with E-state index in [2.05, 4.69) is 20.1 Å². The first kappa shape index (κ1) is 15.6. The highest BCUT2D eigenvalue weighted by Crippen LogP contribution is 2.27. The van der Waals surface area contributed by atoms with Crippen molar-refractivity contribution in [1.29, 1.82) is 0 Å². The molecule has 130 valence electrons. The molecule has 1 saturated heterocycles. The molecule has 1 aliphatic carbocycles. The van der Waals surface area contributed by atoms with Crippen molar-refractivity contribution in [2.45, 2.75) is 51.6 Å². The molecule has 0 radical (unpaired) electrons. The number of aromatic nitrogens is 4. The molecule has 7 nitrogen and oxygen atoms in total. The number of rotatable bonds is 4. The van der Waals surface area contributed by atoms with Crippen LogP contribution in [0, 0.1) is 12.8 Å². The van der Waals surface area contributed by atoms with Gasteiger partial charge in [0.1, 0.15) is 5.82 Å². The Morgan fingerprint density at radius 3 is 2.75 bits per heavy atom. The molecule has 2 aliphatic rings. The van der Waals surface area contributed by atoms with E-state index in [0.29, 0.717) is 11.9 Å². The summed E-state index contributed by atoms with van der Waals surface area (Å²) in [4.78, 5) is 18.5. The lowest BCUT2D eigenvalue weighted by molar-refractivity contribution is 0.0164. The number of nitrogens with zero attached hydrogens (tertiary/aromatic N) is 4. The Balaban J connectivity index is 1.38. The van der Waals surface area contributed by atoms with Crippen LogP contribution in [-0.4, -0.2) is 45.4 Å². The Morgan fingerprint density at radius 2 is 2.00 bits per heavy atom. The van der Waals surface area contributed by atoms with Crippen molar-refractivity contribution in [2.75, 3.05) is 24.6 Å². The summed E-state index contributed by atoms with van der Waals surface area (Å²) in [5, 5.41) is 6.41. The van der Waals surface area contributed by atoms with Gasteiger partial charge in [0.25, 0.3) is 5.78 Å². The molecule has 1 aliphatic heterocycles. The smallest absolute Gasteiger partial charge is 0.348 e. The predicted molar refractivity (Wildman–Crippen MR) is 91.5 cm³/mol. The quantitative estimate of drug-likeness (QED) is 0.926. The summed E-state index contributed by atoms with van der Waals surface area (Å²) in [6, 6.07) is 0. The third kappa shape index (κ3) is 3.05. The molecule has 0 bridgehead atoms. The molecule has 0 spiro atoms. The molecule has 2 aromatic rings. The molecule has 0 aromatic carbocycles. The van der Waals surface area contributed by atoms with Crippen molar-refractivity contribution in [3.05, 3.63) is 22.2 Å². The highest BCUT2D eigenvalue weighted by molar-refractivity contribution is 5.50. The third-order valence-electron chi connectivity index (χ3n) is 5.35. The number of anilines is 1. The van der Waals surface area contributed by atoms with Gasteiger partial charge >= 0.3 is 5.69 Å². The fraction of sp³-hybridized carbons (Fsp3) is 0.706. The summed E-state index contributed by atoms with van der Waals surface area (Å²) in [6.45, 7) is 4.80. The minimum Gasteiger partial charge on any atom is -0.378 e. The van der Waals surface area contributed by atoms with Crippen molar-refractivity contribution in [3.63, 3.8) is 0 Å². The standard InChI is InChI=1S/C17H25N5O2/c1-12-10-22-16(19-20-17(22)23)18-15(12)21-8-6-14(7-9-21)24-11-13-4-2-3-5-13/h10,13-14H,2-9,11H2,1H3,(H,20,23). The number of aryl methyl sites for hydroxylation is 1. The number of ether oxygens (including phenoxy) is 1. The molecular weight excluding hydrogens is 306 g/mol. The van der Waals surface area contributed by atoms with E-state index in [1.165, 1.54) is 30.1 Å². The number of H-pyrrole nitrogens is 1. The van der Waals surface area contributed by atoms with Crippen LogP contribution >= 0.6 is 0 Å². The van der Waals surface area contributed by atoms with Crippen LogP contribution in [0.1, 0.15) is 44.1 Å². The summed E-state index contributed by atoms with van der Waals surface area (Å²) in [6.07, 6.45) is 9.67. The lowest BCUT2D eigenvalue weighted by Crippen LogP contribution is -2.38. The normalized spacial score (nSPS) is 20.3. The number of piperidine rings is 1. The number of hydrogen-bond acceptors (Lipinski definition) is 5. The van der Waals surface area contributed by atoms with Gasteiger partial charge in [0.15, 0.2) is 0 Å². The van der Waals surface area contributed by atoms with E-state index < -0.39 is 0 Å². The Labute approximate surface area is 141 Å². The van der Waals surface area contributed by atoms with Crippen molar-refractivity contribution in [3.8, 4) is 0 Å². The summed E-state index contributed by atoms with van der Waals surface area (Å²) >= 11 is 0. The van der Waals surface area contributed by atoms with Crippen molar-refractivity contribution < 1.29 is 4.74 Å². The van der Waals surface area contributed by atoms with E-state index in [1.54, 1.807) is 0 Å². The van der Waals surface area contributed by atoms with Gasteiger partial charge in [0, 0.05) is 31.5 Å². The van der Waals surface area contributed by atoms with E-state index >= 15 is 0 Å². The van der Waals surface area contributed by atoms with E-state index in [0.717, 1.165) is 49.8 Å². The molecule has 0 atom stereocenters. The minimum absolute atomic E-state index is 0.244. The molecule has 1 N–H and O–H groups in total. The monoisotopic (exact) mass is 331 g/mol. The van der Waals surface area contributed by atoms with Gasteiger partial charge < -0.3 is 9.64 Å². The first-order chi connectivity index (χ1) is 11.7. The fourth-order valence-corrected chi connectivity index (χ4v) is 3.93. The molecule has 4 rings (SSSR count). The maximum Gasteiger partial charge on any atom is 0.348 e. The van der Waals surface area contributed by atoms with E-state index in [9.17, 15) is 4.79 Å². The first-order valence-electron chi connectivity index (χ1n) is 9.01. The number of aromatic amines is 1. The molecule has 3 heterocycles. The molecule has 0 unspecified atom stereocenters. The van der Waals surface area contributed by atoms with Gasteiger partial charge in [-0.15, -0.1) is 5.10 Å². The summed E-state index contributed by atoms with van der Waals surface area (Å²) in [5.74, 6) is 2.14. The average molecular weight is 331 g/mol. The maximum atomic E-state index is 11.6. The summed E-state index contributed by atoms with van der Waals surface area (Å²) < 4.78 is 7.60. The SMILES string of the molecule is Cc1cn2c(=O)[nH]nc2nc1N1CCC(OCC2CCCC2)CC1. The second kappa shape index (κ2) is 6.55. The van der Waals surface area contributed by atoms with Gasteiger partial charge in [-0.2, -0.15) is 4.98 Å². The molecule has 24 heavy (non-hydrogen) atoms. The second-order valence-electron chi connectivity index (χ2n) is 7.12.